The molecule has 0 spiro atoms. The number of piperazine rings is 1. The molecule has 28 heavy (non-hydrogen) atoms. The van der Waals surface area contributed by atoms with Crippen LogP contribution in [0.2, 0.25) is 15.1 Å². The van der Waals surface area contributed by atoms with E-state index in [-0.39, 0.29) is 5.91 Å². The molecule has 1 heterocycles. The zero-order chi connectivity index (χ0) is 19.9. The third-order valence-corrected chi connectivity index (χ3v) is 5.81. The van der Waals surface area contributed by atoms with Crippen LogP contribution in [0, 0.1) is 0 Å². The highest BCUT2D eigenvalue weighted by Crippen LogP contribution is 2.32. The maximum Gasteiger partial charge on any atom is 0.253 e. The van der Waals surface area contributed by atoms with Crippen molar-refractivity contribution in [3.8, 4) is 0 Å². The van der Waals surface area contributed by atoms with E-state index in [1.54, 1.807) is 30.3 Å². The average Bonchev–Trinajstić information content (AvgIpc) is 2.70. The standard InChI is InChI=1S/C21H22Cl3N3O/c22-17-7-2-1-6-16(17)21(28)25-10-3-4-11-26-12-14-27(15-13-26)19-9-5-8-18(23)20(19)24/h1-9H,10-15H2,(H,25,28)/b4-3+. The number of amides is 1. The summed E-state index contributed by atoms with van der Waals surface area (Å²) in [6.45, 7) is 5.01. The first kappa shape index (κ1) is 21.0. The number of nitrogens with zero attached hydrogens (tertiary/aromatic N) is 2. The number of nitrogens with one attached hydrogen (secondary N) is 1. The Balaban J connectivity index is 1.40. The second-order valence-corrected chi connectivity index (χ2v) is 7.71. The third kappa shape index (κ3) is 5.42. The third-order valence-electron chi connectivity index (χ3n) is 4.67. The molecule has 1 fully saturated rings. The lowest BCUT2D eigenvalue weighted by atomic mass is 10.2. The van der Waals surface area contributed by atoms with Crippen LogP contribution in [0.25, 0.3) is 0 Å². The molecule has 7 heteroatoms. The molecule has 0 bridgehead atoms. The van der Waals surface area contributed by atoms with Gasteiger partial charge in [0.25, 0.3) is 5.91 Å². The van der Waals surface area contributed by atoms with E-state index in [1.807, 2.05) is 18.2 Å². The Kier molecular flexibility index (Phi) is 7.63. The summed E-state index contributed by atoms with van der Waals surface area (Å²) in [5.74, 6) is -0.165. The van der Waals surface area contributed by atoms with Crippen molar-refractivity contribution in [1.29, 1.82) is 0 Å². The fourth-order valence-electron chi connectivity index (χ4n) is 3.11. The Bertz CT molecular complexity index is 849. The van der Waals surface area contributed by atoms with Gasteiger partial charge in [-0.05, 0) is 24.3 Å². The van der Waals surface area contributed by atoms with Gasteiger partial charge in [0.15, 0.2) is 0 Å². The minimum atomic E-state index is -0.165. The van der Waals surface area contributed by atoms with E-state index in [0.29, 0.717) is 27.2 Å². The van der Waals surface area contributed by atoms with E-state index in [2.05, 4.69) is 21.2 Å². The number of halogens is 3. The van der Waals surface area contributed by atoms with Crippen LogP contribution in [0.3, 0.4) is 0 Å². The number of carbonyl (C=O) groups excluding carboxylic acids is 1. The summed E-state index contributed by atoms with van der Waals surface area (Å²) in [7, 11) is 0. The molecule has 0 unspecified atom stereocenters. The van der Waals surface area contributed by atoms with Crippen molar-refractivity contribution >= 4 is 46.4 Å². The number of rotatable bonds is 6. The molecule has 4 nitrogen and oxygen atoms in total. The highest BCUT2D eigenvalue weighted by Gasteiger charge is 2.18. The zero-order valence-electron chi connectivity index (χ0n) is 15.4. The average molecular weight is 439 g/mol. The van der Waals surface area contributed by atoms with Crippen LogP contribution in [-0.2, 0) is 0 Å². The predicted octanol–water partition coefficient (Wildman–Crippen LogP) is 4.76. The maximum atomic E-state index is 12.1. The zero-order valence-corrected chi connectivity index (χ0v) is 17.6. The molecule has 1 N–H and O–H groups in total. The lowest BCUT2D eigenvalue weighted by molar-refractivity contribution is 0.0958. The molecular formula is C21H22Cl3N3O. The first-order chi connectivity index (χ1) is 13.6. The molecule has 2 aromatic rings. The van der Waals surface area contributed by atoms with E-state index in [0.717, 1.165) is 38.4 Å². The van der Waals surface area contributed by atoms with Gasteiger partial charge in [0.2, 0.25) is 0 Å². The molecule has 0 aliphatic carbocycles. The Morgan fingerprint density at radius 1 is 0.929 bits per heavy atom. The molecule has 1 aliphatic rings. The minimum Gasteiger partial charge on any atom is -0.368 e. The number of benzene rings is 2. The Morgan fingerprint density at radius 2 is 1.64 bits per heavy atom. The van der Waals surface area contributed by atoms with Crippen LogP contribution in [-0.4, -0.2) is 50.1 Å². The molecule has 0 radical (unpaired) electrons. The molecule has 1 saturated heterocycles. The van der Waals surface area contributed by atoms with Gasteiger partial charge in [-0.15, -0.1) is 0 Å². The van der Waals surface area contributed by atoms with Crippen LogP contribution in [0.4, 0.5) is 5.69 Å². The van der Waals surface area contributed by atoms with Crippen LogP contribution in [0.1, 0.15) is 10.4 Å². The van der Waals surface area contributed by atoms with Gasteiger partial charge in [-0.1, -0.05) is 65.2 Å². The van der Waals surface area contributed by atoms with E-state index >= 15 is 0 Å². The molecule has 0 atom stereocenters. The fraction of sp³-hybridized carbons (Fsp3) is 0.286. The van der Waals surface area contributed by atoms with Crippen molar-refractivity contribution in [3.63, 3.8) is 0 Å². The summed E-state index contributed by atoms with van der Waals surface area (Å²) in [4.78, 5) is 16.7. The van der Waals surface area contributed by atoms with Crippen LogP contribution < -0.4 is 10.2 Å². The summed E-state index contributed by atoms with van der Waals surface area (Å²) >= 11 is 18.5. The highest BCUT2D eigenvalue weighted by atomic mass is 35.5. The van der Waals surface area contributed by atoms with Gasteiger partial charge in [0.05, 0.1) is 26.3 Å². The van der Waals surface area contributed by atoms with Crippen LogP contribution >= 0.6 is 34.8 Å². The summed E-state index contributed by atoms with van der Waals surface area (Å²) in [6, 6.07) is 12.8. The van der Waals surface area contributed by atoms with E-state index < -0.39 is 0 Å². The number of carbonyl (C=O) groups is 1. The van der Waals surface area contributed by atoms with Crippen molar-refractivity contribution < 1.29 is 4.79 Å². The lowest BCUT2D eigenvalue weighted by Crippen LogP contribution is -2.46. The predicted molar refractivity (Wildman–Crippen MR) is 118 cm³/mol. The topological polar surface area (TPSA) is 35.6 Å². The minimum absolute atomic E-state index is 0.165. The summed E-state index contributed by atoms with van der Waals surface area (Å²) in [5, 5.41) is 4.52. The monoisotopic (exact) mass is 437 g/mol. The Labute approximate surface area is 180 Å². The fourth-order valence-corrected chi connectivity index (χ4v) is 3.74. The van der Waals surface area contributed by atoms with E-state index in [1.165, 1.54) is 0 Å². The number of hydrogen-bond acceptors (Lipinski definition) is 3. The smallest absolute Gasteiger partial charge is 0.253 e. The van der Waals surface area contributed by atoms with E-state index in [4.69, 9.17) is 34.8 Å². The largest absolute Gasteiger partial charge is 0.368 e. The summed E-state index contributed by atoms with van der Waals surface area (Å²) in [5.41, 5.74) is 1.49. The van der Waals surface area contributed by atoms with Crippen molar-refractivity contribution in [2.24, 2.45) is 0 Å². The van der Waals surface area contributed by atoms with Gasteiger partial charge in [0.1, 0.15) is 0 Å². The second-order valence-electron chi connectivity index (χ2n) is 6.52. The molecule has 1 aliphatic heterocycles. The molecule has 2 aromatic carbocycles. The first-order valence-corrected chi connectivity index (χ1v) is 10.3. The molecule has 148 valence electrons. The van der Waals surface area contributed by atoms with Crippen molar-refractivity contribution in [2.45, 2.75) is 0 Å². The lowest BCUT2D eigenvalue weighted by Gasteiger charge is -2.36. The van der Waals surface area contributed by atoms with Gasteiger partial charge in [0, 0.05) is 39.3 Å². The van der Waals surface area contributed by atoms with Crippen LogP contribution in [0.15, 0.2) is 54.6 Å². The van der Waals surface area contributed by atoms with Crippen molar-refractivity contribution in [2.75, 3.05) is 44.2 Å². The van der Waals surface area contributed by atoms with Gasteiger partial charge >= 0.3 is 0 Å². The normalized spacial score (nSPS) is 15.2. The van der Waals surface area contributed by atoms with Gasteiger partial charge < -0.3 is 10.2 Å². The summed E-state index contributed by atoms with van der Waals surface area (Å²) in [6.07, 6.45) is 4.05. The summed E-state index contributed by atoms with van der Waals surface area (Å²) < 4.78 is 0. The molecule has 1 amide bonds. The van der Waals surface area contributed by atoms with Crippen molar-refractivity contribution in [3.05, 3.63) is 75.2 Å². The van der Waals surface area contributed by atoms with Gasteiger partial charge in [-0.25, -0.2) is 0 Å². The second kappa shape index (κ2) is 10.2. The van der Waals surface area contributed by atoms with Crippen molar-refractivity contribution in [1.82, 2.24) is 10.2 Å². The molecular weight excluding hydrogens is 417 g/mol. The number of hydrogen-bond donors (Lipinski definition) is 1. The Hall–Kier alpha value is -1.72. The maximum absolute atomic E-state index is 12.1. The first-order valence-electron chi connectivity index (χ1n) is 9.15. The van der Waals surface area contributed by atoms with Crippen LogP contribution in [0.5, 0.6) is 0 Å². The molecule has 0 saturated carbocycles. The van der Waals surface area contributed by atoms with E-state index in [9.17, 15) is 4.79 Å². The quantitative estimate of drug-likeness (QED) is 0.661. The SMILES string of the molecule is O=C(NC/C=C/CN1CCN(c2cccc(Cl)c2Cl)CC1)c1ccccc1Cl. The highest BCUT2D eigenvalue weighted by molar-refractivity contribution is 6.43. The molecule has 0 aromatic heterocycles. The molecule has 3 rings (SSSR count). The van der Waals surface area contributed by atoms with Gasteiger partial charge in [-0.2, -0.15) is 0 Å². The number of anilines is 1. The van der Waals surface area contributed by atoms with Gasteiger partial charge in [-0.3, -0.25) is 9.69 Å². The Morgan fingerprint density at radius 3 is 2.39 bits per heavy atom.